The number of para-hydroxylation sites is 1. The maximum Gasteiger partial charge on any atom is 0.267 e. The Hall–Kier alpha value is -1.52. The number of aromatic amines is 1. The second-order valence-electron chi connectivity index (χ2n) is 4.45. The van der Waals surface area contributed by atoms with Gasteiger partial charge in [0, 0.05) is 18.5 Å². The lowest BCUT2D eigenvalue weighted by molar-refractivity contribution is 0.0947. The minimum absolute atomic E-state index is 0.107. The molecular weight excluding hydrogens is 250 g/mol. The van der Waals surface area contributed by atoms with Gasteiger partial charge < -0.3 is 15.2 Å². The first-order valence-corrected chi connectivity index (χ1v) is 6.16. The number of aromatic nitrogens is 1. The zero-order valence-electron chi connectivity index (χ0n) is 10.5. The van der Waals surface area contributed by atoms with Crippen LogP contribution >= 0.6 is 11.6 Å². The number of hydrogen-bond donors (Lipinski definition) is 2. The number of carbonyl (C=O) groups excluding carboxylic acids is 1. The van der Waals surface area contributed by atoms with Crippen molar-refractivity contribution in [1.82, 2.24) is 15.2 Å². The summed E-state index contributed by atoms with van der Waals surface area (Å²) in [5, 5.41) is 4.43. The van der Waals surface area contributed by atoms with Crippen molar-refractivity contribution in [2.75, 3.05) is 27.2 Å². The molecule has 2 rings (SSSR count). The third kappa shape index (κ3) is 2.83. The Labute approximate surface area is 111 Å². The number of fused-ring (bicyclic) bond motifs is 1. The van der Waals surface area contributed by atoms with Crippen molar-refractivity contribution in [2.45, 2.75) is 0 Å². The molecule has 1 amide bonds. The van der Waals surface area contributed by atoms with Crippen molar-refractivity contribution in [3.8, 4) is 0 Å². The lowest BCUT2D eigenvalue weighted by Crippen LogP contribution is -2.31. The Bertz CT molecular complexity index is 562. The van der Waals surface area contributed by atoms with Gasteiger partial charge in [-0.15, -0.1) is 0 Å². The molecule has 0 atom stereocenters. The maximum atomic E-state index is 11.9. The fourth-order valence-corrected chi connectivity index (χ4v) is 1.96. The van der Waals surface area contributed by atoms with Crippen molar-refractivity contribution in [1.29, 1.82) is 0 Å². The summed E-state index contributed by atoms with van der Waals surface area (Å²) < 4.78 is 0. The SMILES string of the molecule is CN(C)CCNC(=O)c1cc2cccc(Cl)c2[nH]1. The monoisotopic (exact) mass is 265 g/mol. The molecule has 1 aromatic heterocycles. The first-order chi connectivity index (χ1) is 8.58. The lowest BCUT2D eigenvalue weighted by atomic mass is 10.2. The van der Waals surface area contributed by atoms with Crippen LogP contribution in [0.25, 0.3) is 10.9 Å². The summed E-state index contributed by atoms with van der Waals surface area (Å²) in [4.78, 5) is 17.0. The van der Waals surface area contributed by atoms with E-state index in [1.165, 1.54) is 0 Å². The van der Waals surface area contributed by atoms with Crippen LogP contribution in [-0.2, 0) is 0 Å². The van der Waals surface area contributed by atoms with Gasteiger partial charge in [0.25, 0.3) is 5.91 Å². The van der Waals surface area contributed by atoms with Crippen LogP contribution in [0.1, 0.15) is 10.5 Å². The number of likely N-dealkylation sites (N-methyl/N-ethyl adjacent to an activating group) is 1. The summed E-state index contributed by atoms with van der Waals surface area (Å²) in [5.74, 6) is -0.107. The fraction of sp³-hybridized carbons (Fsp3) is 0.308. The summed E-state index contributed by atoms with van der Waals surface area (Å²) in [5.41, 5.74) is 1.34. The molecule has 2 aromatic rings. The highest BCUT2D eigenvalue weighted by Gasteiger charge is 2.10. The van der Waals surface area contributed by atoms with Gasteiger partial charge in [-0.05, 0) is 26.2 Å². The van der Waals surface area contributed by atoms with Crippen LogP contribution in [0.5, 0.6) is 0 Å². The van der Waals surface area contributed by atoms with E-state index < -0.39 is 0 Å². The highest BCUT2D eigenvalue weighted by molar-refractivity contribution is 6.35. The van der Waals surface area contributed by atoms with E-state index in [1.807, 2.05) is 37.2 Å². The van der Waals surface area contributed by atoms with E-state index in [0.717, 1.165) is 17.4 Å². The minimum atomic E-state index is -0.107. The number of carbonyl (C=O) groups is 1. The summed E-state index contributed by atoms with van der Waals surface area (Å²) >= 11 is 6.05. The minimum Gasteiger partial charge on any atom is -0.349 e. The number of benzene rings is 1. The molecule has 18 heavy (non-hydrogen) atoms. The molecule has 96 valence electrons. The molecule has 0 aliphatic carbocycles. The van der Waals surface area contributed by atoms with Gasteiger partial charge in [0.15, 0.2) is 0 Å². The van der Waals surface area contributed by atoms with E-state index in [4.69, 9.17) is 11.6 Å². The summed E-state index contributed by atoms with van der Waals surface area (Å²) in [6.45, 7) is 1.43. The fourth-order valence-electron chi connectivity index (χ4n) is 1.73. The quantitative estimate of drug-likeness (QED) is 0.890. The third-order valence-electron chi connectivity index (χ3n) is 2.69. The molecule has 0 aliphatic heterocycles. The number of H-pyrrole nitrogens is 1. The normalized spacial score (nSPS) is 11.1. The number of nitrogens with one attached hydrogen (secondary N) is 2. The molecule has 0 radical (unpaired) electrons. The Morgan fingerprint density at radius 1 is 1.44 bits per heavy atom. The number of rotatable bonds is 4. The van der Waals surface area contributed by atoms with Crippen LogP contribution in [0.2, 0.25) is 5.02 Å². The average molecular weight is 266 g/mol. The maximum absolute atomic E-state index is 11.9. The second-order valence-corrected chi connectivity index (χ2v) is 4.85. The Morgan fingerprint density at radius 2 is 2.22 bits per heavy atom. The summed E-state index contributed by atoms with van der Waals surface area (Å²) in [6.07, 6.45) is 0. The Balaban J connectivity index is 2.11. The van der Waals surface area contributed by atoms with Crippen LogP contribution in [0.3, 0.4) is 0 Å². The van der Waals surface area contributed by atoms with E-state index in [9.17, 15) is 4.79 Å². The number of halogens is 1. The molecular formula is C13H16ClN3O. The number of amides is 1. The molecule has 2 N–H and O–H groups in total. The van der Waals surface area contributed by atoms with E-state index in [2.05, 4.69) is 10.3 Å². The van der Waals surface area contributed by atoms with Gasteiger partial charge in [-0.1, -0.05) is 23.7 Å². The molecule has 1 aromatic carbocycles. The van der Waals surface area contributed by atoms with Crippen LogP contribution in [0, 0.1) is 0 Å². The summed E-state index contributed by atoms with van der Waals surface area (Å²) in [7, 11) is 3.93. The van der Waals surface area contributed by atoms with Crippen molar-refractivity contribution >= 4 is 28.4 Å². The highest BCUT2D eigenvalue weighted by atomic mass is 35.5. The van der Waals surface area contributed by atoms with Gasteiger partial charge in [-0.25, -0.2) is 0 Å². The van der Waals surface area contributed by atoms with Crippen molar-refractivity contribution in [2.24, 2.45) is 0 Å². The predicted molar refractivity (Wildman–Crippen MR) is 74.2 cm³/mol. The molecule has 0 spiro atoms. The van der Waals surface area contributed by atoms with Crippen molar-refractivity contribution < 1.29 is 4.79 Å². The van der Waals surface area contributed by atoms with E-state index in [0.29, 0.717) is 17.3 Å². The molecule has 0 fully saturated rings. The molecule has 0 unspecified atom stereocenters. The van der Waals surface area contributed by atoms with E-state index in [1.54, 1.807) is 6.07 Å². The third-order valence-corrected chi connectivity index (χ3v) is 3.01. The van der Waals surface area contributed by atoms with E-state index in [-0.39, 0.29) is 5.91 Å². The van der Waals surface area contributed by atoms with Crippen molar-refractivity contribution in [3.63, 3.8) is 0 Å². The zero-order chi connectivity index (χ0) is 13.1. The molecule has 0 aliphatic rings. The van der Waals surface area contributed by atoms with Gasteiger partial charge >= 0.3 is 0 Å². The van der Waals surface area contributed by atoms with E-state index >= 15 is 0 Å². The van der Waals surface area contributed by atoms with Crippen LogP contribution in [0.15, 0.2) is 24.3 Å². The molecule has 5 heteroatoms. The molecule has 0 saturated carbocycles. The Morgan fingerprint density at radius 3 is 2.89 bits per heavy atom. The summed E-state index contributed by atoms with van der Waals surface area (Å²) in [6, 6.07) is 7.40. The number of nitrogens with zero attached hydrogens (tertiary/aromatic N) is 1. The topological polar surface area (TPSA) is 48.1 Å². The van der Waals surface area contributed by atoms with Gasteiger partial charge in [0.2, 0.25) is 0 Å². The number of hydrogen-bond acceptors (Lipinski definition) is 2. The van der Waals surface area contributed by atoms with Crippen LogP contribution < -0.4 is 5.32 Å². The average Bonchev–Trinajstić information content (AvgIpc) is 2.74. The largest absolute Gasteiger partial charge is 0.349 e. The predicted octanol–water partition coefficient (Wildman–Crippen LogP) is 2.11. The molecule has 4 nitrogen and oxygen atoms in total. The van der Waals surface area contributed by atoms with Crippen molar-refractivity contribution in [3.05, 3.63) is 35.0 Å². The van der Waals surface area contributed by atoms with Crippen LogP contribution in [-0.4, -0.2) is 43.0 Å². The first-order valence-electron chi connectivity index (χ1n) is 5.78. The smallest absolute Gasteiger partial charge is 0.267 e. The highest BCUT2D eigenvalue weighted by Crippen LogP contribution is 2.23. The lowest BCUT2D eigenvalue weighted by Gasteiger charge is -2.09. The van der Waals surface area contributed by atoms with Gasteiger partial charge in [0.05, 0.1) is 10.5 Å². The molecule has 0 bridgehead atoms. The van der Waals surface area contributed by atoms with Gasteiger partial charge in [-0.3, -0.25) is 4.79 Å². The molecule has 0 saturated heterocycles. The zero-order valence-corrected chi connectivity index (χ0v) is 11.2. The molecule has 1 heterocycles. The van der Waals surface area contributed by atoms with Crippen LogP contribution in [0.4, 0.5) is 0 Å². The standard InChI is InChI=1S/C13H16ClN3O/c1-17(2)7-6-15-13(18)11-8-9-4-3-5-10(14)12(9)16-11/h3-5,8,16H,6-7H2,1-2H3,(H,15,18). The van der Waals surface area contributed by atoms with Gasteiger partial charge in [0.1, 0.15) is 5.69 Å². The Kier molecular flexibility index (Phi) is 3.89. The second kappa shape index (κ2) is 5.42. The first kappa shape index (κ1) is 12.9. The van der Waals surface area contributed by atoms with Gasteiger partial charge in [-0.2, -0.15) is 0 Å².